The molecule has 0 amide bonds. The number of nitrogen functional groups attached to an aromatic ring is 1. The maximum atomic E-state index is 13.3. The van der Waals surface area contributed by atoms with E-state index in [0.29, 0.717) is 52.8 Å². The summed E-state index contributed by atoms with van der Waals surface area (Å²) < 4.78 is 54.4. The number of allylic oxidation sites excluding steroid dienone is 1. The molecule has 5 N–H and O–H groups in total. The number of amidine groups is 1. The second kappa shape index (κ2) is 9.93. The van der Waals surface area contributed by atoms with Gasteiger partial charge in [0, 0.05) is 41.2 Å². The van der Waals surface area contributed by atoms with Crippen LogP contribution in [0.2, 0.25) is 0 Å². The van der Waals surface area contributed by atoms with Gasteiger partial charge in [0.2, 0.25) is 0 Å². The van der Waals surface area contributed by atoms with E-state index < -0.39 is 18.9 Å². The predicted molar refractivity (Wildman–Crippen MR) is 132 cm³/mol. The maximum absolute atomic E-state index is 13.3. The molecule has 0 bridgehead atoms. The third-order valence-electron chi connectivity index (χ3n) is 6.02. The Morgan fingerprint density at radius 2 is 2.11 bits per heavy atom. The highest BCUT2D eigenvalue weighted by Crippen LogP contribution is 2.30. The molecule has 0 saturated heterocycles. The second-order valence-corrected chi connectivity index (χ2v) is 8.63. The molecule has 1 aliphatic carbocycles. The van der Waals surface area contributed by atoms with Crippen molar-refractivity contribution >= 4 is 34.4 Å². The number of nitrogens with one attached hydrogen (secondary N) is 1. The Labute approximate surface area is 200 Å². The van der Waals surface area contributed by atoms with Crippen molar-refractivity contribution in [2.45, 2.75) is 44.2 Å². The molecule has 4 rings (SSSR count). The summed E-state index contributed by atoms with van der Waals surface area (Å²) in [6.07, 6.45) is -0.684. The lowest BCUT2D eigenvalue weighted by molar-refractivity contribution is -0.139. The minimum absolute atomic E-state index is 0.0691. The van der Waals surface area contributed by atoms with Gasteiger partial charge in [0.25, 0.3) is 0 Å². The lowest BCUT2D eigenvalue weighted by Crippen LogP contribution is -2.24. The van der Waals surface area contributed by atoms with Gasteiger partial charge in [-0.2, -0.15) is 13.2 Å². The Balaban J connectivity index is 1.46. The molecule has 0 radical (unpaired) electrons. The summed E-state index contributed by atoms with van der Waals surface area (Å²) >= 11 is 0. The van der Waals surface area contributed by atoms with Gasteiger partial charge in [0.15, 0.2) is 5.84 Å². The summed E-state index contributed by atoms with van der Waals surface area (Å²) in [5.74, 6) is 0.213. The number of benzene rings is 1. The van der Waals surface area contributed by atoms with E-state index in [4.69, 9.17) is 11.5 Å². The van der Waals surface area contributed by atoms with Crippen LogP contribution >= 0.6 is 0 Å². The molecule has 1 aliphatic heterocycles. The summed E-state index contributed by atoms with van der Waals surface area (Å²) in [4.78, 5) is 13.2. The molecule has 1 saturated carbocycles. The number of nitrogens with zero attached hydrogens (tertiary/aromatic N) is 4. The fourth-order valence-electron chi connectivity index (χ4n) is 4.22. The van der Waals surface area contributed by atoms with E-state index >= 15 is 0 Å². The molecule has 7 nitrogen and oxygen atoms in total. The number of nitrogens with two attached hydrogens (primary N) is 2. The van der Waals surface area contributed by atoms with E-state index in [1.54, 1.807) is 30.5 Å². The number of halogens is 4. The maximum Gasteiger partial charge on any atom is 0.406 e. The van der Waals surface area contributed by atoms with Gasteiger partial charge in [-0.05, 0) is 31.0 Å². The molecule has 1 fully saturated rings. The fraction of sp³-hybridized carbons (Fsp3) is 0.375. The van der Waals surface area contributed by atoms with Crippen molar-refractivity contribution in [1.82, 2.24) is 9.88 Å². The molecular weight excluding hydrogens is 462 g/mol. The van der Waals surface area contributed by atoms with Crippen LogP contribution in [0.3, 0.4) is 0 Å². The molecule has 2 heterocycles. The normalized spacial score (nSPS) is 21.1. The van der Waals surface area contributed by atoms with E-state index in [1.165, 1.54) is 6.20 Å². The van der Waals surface area contributed by atoms with E-state index in [-0.39, 0.29) is 30.7 Å². The average Bonchev–Trinajstić information content (AvgIpc) is 3.51. The Morgan fingerprint density at radius 1 is 1.31 bits per heavy atom. The molecule has 2 aromatic rings. The average molecular weight is 490 g/mol. The highest BCUT2D eigenvalue weighted by Gasteiger charge is 2.31. The van der Waals surface area contributed by atoms with Gasteiger partial charge in [0.1, 0.15) is 12.7 Å². The highest BCUT2D eigenvalue weighted by atomic mass is 19.4. The Hall–Kier alpha value is -3.63. The number of aliphatic imine (C=N–C) groups is 3. The fourth-order valence-corrected chi connectivity index (χ4v) is 4.22. The molecule has 2 atom stereocenters. The van der Waals surface area contributed by atoms with Gasteiger partial charge in [-0.1, -0.05) is 12.6 Å². The first-order valence-electron chi connectivity index (χ1n) is 11.2. The van der Waals surface area contributed by atoms with Crippen LogP contribution in [0, 0.1) is 0 Å². The minimum atomic E-state index is -4.42. The zero-order valence-corrected chi connectivity index (χ0v) is 19.0. The molecule has 186 valence electrons. The van der Waals surface area contributed by atoms with Crippen LogP contribution in [-0.2, 0) is 6.54 Å². The Bertz CT molecular complexity index is 1240. The first-order valence-corrected chi connectivity index (χ1v) is 11.2. The monoisotopic (exact) mass is 489 g/mol. The van der Waals surface area contributed by atoms with Crippen molar-refractivity contribution in [2.75, 3.05) is 18.8 Å². The number of rotatable bonds is 8. The smallest absolute Gasteiger partial charge is 0.404 e. The SMILES string of the molecule is C=C(NCC1=NC(c2cc3c(N)cccc3n2CC(F)(F)F)=NC1)/C(C=NC1CCC(F)C1)=C/N. The number of hydrogen-bond donors (Lipinski definition) is 3. The molecule has 1 aromatic carbocycles. The zero-order chi connectivity index (χ0) is 25.2. The van der Waals surface area contributed by atoms with Crippen LogP contribution in [0.5, 0.6) is 0 Å². The van der Waals surface area contributed by atoms with Crippen LogP contribution in [-0.4, -0.2) is 53.8 Å². The van der Waals surface area contributed by atoms with Crippen molar-refractivity contribution in [2.24, 2.45) is 20.7 Å². The summed E-state index contributed by atoms with van der Waals surface area (Å²) in [5, 5.41) is 3.62. The molecule has 1 aromatic heterocycles. The molecule has 0 spiro atoms. The molecule has 11 heteroatoms. The molecule has 35 heavy (non-hydrogen) atoms. The first kappa shape index (κ1) is 24.5. The number of aromatic nitrogens is 1. The molecular formula is C24H27F4N7. The van der Waals surface area contributed by atoms with E-state index in [0.717, 1.165) is 4.57 Å². The van der Waals surface area contributed by atoms with Crippen LogP contribution in [0.1, 0.15) is 25.0 Å². The van der Waals surface area contributed by atoms with Crippen LogP contribution in [0.4, 0.5) is 23.2 Å². The van der Waals surface area contributed by atoms with Gasteiger partial charge < -0.3 is 21.4 Å². The van der Waals surface area contributed by atoms with Gasteiger partial charge in [-0.15, -0.1) is 0 Å². The van der Waals surface area contributed by atoms with Gasteiger partial charge in [-0.3, -0.25) is 9.98 Å². The number of anilines is 1. The van der Waals surface area contributed by atoms with Crippen molar-refractivity contribution in [3.63, 3.8) is 0 Å². The third kappa shape index (κ3) is 5.72. The third-order valence-corrected chi connectivity index (χ3v) is 6.02. The molecule has 2 unspecified atom stereocenters. The van der Waals surface area contributed by atoms with Gasteiger partial charge in [-0.25, -0.2) is 9.38 Å². The topological polar surface area (TPSA) is 106 Å². The second-order valence-electron chi connectivity index (χ2n) is 8.63. The van der Waals surface area contributed by atoms with Crippen molar-refractivity contribution < 1.29 is 17.6 Å². The number of fused-ring (bicyclic) bond motifs is 1. The summed E-state index contributed by atoms with van der Waals surface area (Å²) in [7, 11) is 0. The molecule has 2 aliphatic rings. The summed E-state index contributed by atoms with van der Waals surface area (Å²) in [6.45, 7) is 3.28. The van der Waals surface area contributed by atoms with Gasteiger partial charge in [0.05, 0.1) is 36.1 Å². The summed E-state index contributed by atoms with van der Waals surface area (Å²) in [5.41, 5.74) is 14.4. The first-order chi connectivity index (χ1) is 16.6. The predicted octanol–water partition coefficient (Wildman–Crippen LogP) is 3.89. The van der Waals surface area contributed by atoms with Crippen LogP contribution < -0.4 is 16.8 Å². The lowest BCUT2D eigenvalue weighted by Gasteiger charge is -2.12. The van der Waals surface area contributed by atoms with Crippen molar-refractivity contribution in [3.05, 3.63) is 54.0 Å². The largest absolute Gasteiger partial charge is 0.406 e. The van der Waals surface area contributed by atoms with Crippen molar-refractivity contribution in [3.8, 4) is 0 Å². The lowest BCUT2D eigenvalue weighted by atomic mass is 10.2. The van der Waals surface area contributed by atoms with Crippen LogP contribution in [0.25, 0.3) is 10.9 Å². The number of alkyl halides is 4. The van der Waals surface area contributed by atoms with Gasteiger partial charge >= 0.3 is 6.18 Å². The minimum Gasteiger partial charge on any atom is -0.404 e. The zero-order valence-electron chi connectivity index (χ0n) is 19.0. The standard InChI is InChI=1S/C24H27F4N7/c1-14(15(9-29)10-32-17-6-5-16(25)7-17)31-11-18-12-33-23(34-18)22-8-19-20(30)3-2-4-21(19)35(22)13-24(26,27)28/h2-4,8-10,16-17,31H,1,5-7,11-13,29-30H2/b15-9+,32-10?. The van der Waals surface area contributed by atoms with E-state index in [2.05, 4.69) is 26.9 Å². The quantitative estimate of drug-likeness (QED) is 0.227. The Kier molecular flexibility index (Phi) is 6.95. The summed E-state index contributed by atoms with van der Waals surface area (Å²) in [6, 6.07) is 6.36. The van der Waals surface area contributed by atoms with E-state index in [1.807, 2.05) is 0 Å². The Morgan fingerprint density at radius 3 is 2.80 bits per heavy atom. The highest BCUT2D eigenvalue weighted by molar-refractivity contribution is 6.13. The number of hydrogen-bond acceptors (Lipinski definition) is 6. The van der Waals surface area contributed by atoms with Crippen LogP contribution in [0.15, 0.2) is 63.3 Å². The van der Waals surface area contributed by atoms with Crippen molar-refractivity contribution in [1.29, 1.82) is 0 Å². The van der Waals surface area contributed by atoms with E-state index in [9.17, 15) is 17.6 Å².